The van der Waals surface area contributed by atoms with Crippen molar-refractivity contribution >= 4 is 28.1 Å². The van der Waals surface area contributed by atoms with Crippen molar-refractivity contribution in [2.75, 3.05) is 10.6 Å². The molecule has 1 aliphatic carbocycles. The van der Waals surface area contributed by atoms with Gasteiger partial charge in [0.1, 0.15) is 11.8 Å². The first-order chi connectivity index (χ1) is 15.1. The van der Waals surface area contributed by atoms with Crippen LogP contribution in [0.4, 0.5) is 11.4 Å². The first kappa shape index (κ1) is 20.6. The quantitative estimate of drug-likeness (QED) is 0.502. The van der Waals surface area contributed by atoms with E-state index in [1.807, 2.05) is 25.1 Å². The summed E-state index contributed by atoms with van der Waals surface area (Å²) in [5.74, 6) is 0.0613. The molecule has 2 N–H and O–H groups in total. The second-order valence-corrected chi connectivity index (χ2v) is 10.0. The molecule has 0 radical (unpaired) electrons. The number of carbonyl (C=O) groups is 1. The molecule has 0 unspecified atom stereocenters. The Morgan fingerprint density at radius 1 is 0.969 bits per heavy atom. The van der Waals surface area contributed by atoms with Gasteiger partial charge in [-0.1, -0.05) is 25.5 Å². The number of ketones is 1. The van der Waals surface area contributed by atoms with Gasteiger partial charge in [-0.15, -0.1) is 0 Å². The van der Waals surface area contributed by atoms with Crippen LogP contribution in [0.1, 0.15) is 55.0 Å². The summed E-state index contributed by atoms with van der Waals surface area (Å²) in [5.41, 5.74) is 7.37. The number of benzene rings is 2. The van der Waals surface area contributed by atoms with E-state index in [2.05, 4.69) is 50.5 Å². The molecule has 0 saturated carbocycles. The molecule has 0 saturated heterocycles. The van der Waals surface area contributed by atoms with Crippen LogP contribution in [0.2, 0.25) is 0 Å². The van der Waals surface area contributed by atoms with E-state index >= 15 is 0 Å². The summed E-state index contributed by atoms with van der Waals surface area (Å²) >= 11 is 0. The minimum absolute atomic E-state index is 0.0613. The predicted molar refractivity (Wildman–Crippen MR) is 128 cm³/mol. The number of anilines is 2. The third-order valence-corrected chi connectivity index (χ3v) is 6.69. The lowest BCUT2D eigenvalue weighted by molar-refractivity contribution is -0.118. The molecule has 32 heavy (non-hydrogen) atoms. The predicted octanol–water partition coefficient (Wildman–Crippen LogP) is 5.94. The number of nitrogens with one attached hydrogen (secondary N) is 2. The van der Waals surface area contributed by atoms with Gasteiger partial charge < -0.3 is 15.1 Å². The number of Topliss-reactive ketones (excluding diaryl/α,β-unsaturated/α-hetero) is 1. The van der Waals surface area contributed by atoms with Crippen molar-refractivity contribution in [3.63, 3.8) is 0 Å². The third-order valence-electron chi connectivity index (χ3n) is 6.69. The van der Waals surface area contributed by atoms with Crippen LogP contribution in [-0.2, 0) is 4.79 Å². The highest BCUT2D eigenvalue weighted by Gasteiger charge is 2.39. The Balaban J connectivity index is 1.76. The first-order valence-electron chi connectivity index (χ1n) is 11.1. The van der Waals surface area contributed by atoms with Gasteiger partial charge in [0.05, 0.1) is 28.4 Å². The summed E-state index contributed by atoms with van der Waals surface area (Å²) in [6.45, 7) is 10.3. The van der Waals surface area contributed by atoms with Crippen LogP contribution in [-0.4, -0.2) is 5.78 Å². The monoisotopic (exact) mass is 428 g/mol. The van der Waals surface area contributed by atoms with Crippen molar-refractivity contribution < 1.29 is 9.21 Å². The number of aryl methyl sites for hydroxylation is 3. The number of carbonyl (C=O) groups excluding carboxylic acids is 1. The minimum Gasteiger partial charge on any atom is -0.464 e. The number of rotatable bonds is 1. The Morgan fingerprint density at radius 2 is 1.69 bits per heavy atom. The van der Waals surface area contributed by atoms with Crippen LogP contribution in [0, 0.1) is 26.2 Å². The maximum absolute atomic E-state index is 13.6. The maximum atomic E-state index is 13.6. The highest BCUT2D eigenvalue weighted by Crippen LogP contribution is 2.45. The molecule has 2 heterocycles. The molecule has 0 bridgehead atoms. The van der Waals surface area contributed by atoms with Crippen molar-refractivity contribution in [3.05, 3.63) is 80.3 Å². The van der Waals surface area contributed by atoms with Gasteiger partial charge in [0.2, 0.25) is 0 Å². The average Bonchev–Trinajstić information content (AvgIpc) is 2.84. The molecule has 164 valence electrons. The fourth-order valence-electron chi connectivity index (χ4n) is 4.90. The van der Waals surface area contributed by atoms with Crippen LogP contribution >= 0.6 is 0 Å². The van der Waals surface area contributed by atoms with Crippen LogP contribution in [0.25, 0.3) is 11.0 Å². The minimum atomic E-state index is -0.578. The standard InChI is InChI=1S/C27H28N2O3/c1-14-6-7-23-17(8-14)26(31)18(13-32-23)25-24-21(11-27(4,5)12-22(24)30)28-19-9-15(2)16(3)10-20(19)29-25/h6-10,13,25,28-29H,11-12H2,1-5H3/t25-/m1/s1. The number of hydrogen-bond donors (Lipinski definition) is 2. The first-order valence-corrected chi connectivity index (χ1v) is 11.1. The summed E-state index contributed by atoms with van der Waals surface area (Å²) in [7, 11) is 0. The van der Waals surface area contributed by atoms with E-state index in [0.717, 1.165) is 34.6 Å². The molecular weight excluding hydrogens is 400 g/mol. The van der Waals surface area contributed by atoms with Gasteiger partial charge in [-0.3, -0.25) is 9.59 Å². The Kier molecular flexibility index (Phi) is 4.55. The van der Waals surface area contributed by atoms with E-state index in [0.29, 0.717) is 28.5 Å². The summed E-state index contributed by atoms with van der Waals surface area (Å²) < 4.78 is 5.87. The fraction of sp³-hybridized carbons (Fsp3) is 0.333. The second-order valence-electron chi connectivity index (χ2n) is 10.0. The van der Waals surface area contributed by atoms with Gasteiger partial charge in [-0.05, 0) is 68.0 Å². The van der Waals surface area contributed by atoms with Gasteiger partial charge in [0, 0.05) is 17.7 Å². The van der Waals surface area contributed by atoms with Gasteiger partial charge in [0.25, 0.3) is 0 Å². The molecule has 3 aromatic rings. The molecule has 0 fully saturated rings. The Hall–Kier alpha value is -3.34. The number of allylic oxidation sites excluding steroid dienone is 1. The van der Waals surface area contributed by atoms with Crippen LogP contribution < -0.4 is 16.1 Å². The zero-order chi connectivity index (χ0) is 22.8. The molecule has 0 amide bonds. The summed E-state index contributed by atoms with van der Waals surface area (Å²) in [5, 5.41) is 7.60. The summed E-state index contributed by atoms with van der Waals surface area (Å²) in [4.78, 5) is 27.0. The molecular formula is C27H28N2O3. The lowest BCUT2D eigenvalue weighted by Crippen LogP contribution is -2.33. The second kappa shape index (κ2) is 7.09. The Bertz CT molecular complexity index is 1380. The molecule has 0 spiro atoms. The van der Waals surface area contributed by atoms with Crippen LogP contribution in [0.15, 0.2) is 57.1 Å². The van der Waals surface area contributed by atoms with E-state index < -0.39 is 6.04 Å². The molecule has 2 aromatic carbocycles. The summed E-state index contributed by atoms with van der Waals surface area (Å²) in [6.07, 6.45) is 2.69. The molecule has 5 heteroatoms. The number of fused-ring (bicyclic) bond motifs is 2. The SMILES string of the molecule is Cc1ccc2occ([C@H]3Nc4cc(C)c(C)cc4NC4=C3C(=O)CC(C)(C)C4)c(=O)c2c1. The van der Waals surface area contributed by atoms with Crippen molar-refractivity contribution in [2.24, 2.45) is 5.41 Å². The van der Waals surface area contributed by atoms with Crippen molar-refractivity contribution in [3.8, 4) is 0 Å². The largest absolute Gasteiger partial charge is 0.464 e. The highest BCUT2D eigenvalue weighted by atomic mass is 16.3. The van der Waals surface area contributed by atoms with Crippen molar-refractivity contribution in [1.29, 1.82) is 0 Å². The lowest BCUT2D eigenvalue weighted by Gasteiger charge is -2.33. The van der Waals surface area contributed by atoms with Gasteiger partial charge in [-0.2, -0.15) is 0 Å². The van der Waals surface area contributed by atoms with Crippen LogP contribution in [0.3, 0.4) is 0 Å². The molecule has 5 rings (SSSR count). The Labute approximate surface area is 187 Å². The van der Waals surface area contributed by atoms with Crippen LogP contribution in [0.5, 0.6) is 0 Å². The molecule has 2 aliphatic rings. The van der Waals surface area contributed by atoms with Gasteiger partial charge >= 0.3 is 0 Å². The van der Waals surface area contributed by atoms with Crippen molar-refractivity contribution in [1.82, 2.24) is 0 Å². The normalized spacial score (nSPS) is 19.7. The lowest BCUT2D eigenvalue weighted by atomic mass is 9.73. The smallest absolute Gasteiger partial charge is 0.198 e. The van der Waals surface area contributed by atoms with Crippen molar-refractivity contribution in [2.45, 2.75) is 53.5 Å². The zero-order valence-corrected chi connectivity index (χ0v) is 19.2. The Morgan fingerprint density at radius 3 is 2.44 bits per heavy atom. The highest BCUT2D eigenvalue weighted by molar-refractivity contribution is 6.01. The average molecular weight is 429 g/mol. The molecule has 1 aliphatic heterocycles. The molecule has 1 atom stereocenters. The fourth-order valence-corrected chi connectivity index (χ4v) is 4.90. The van der Waals surface area contributed by atoms with E-state index in [9.17, 15) is 9.59 Å². The third kappa shape index (κ3) is 3.32. The zero-order valence-electron chi connectivity index (χ0n) is 19.2. The van der Waals surface area contributed by atoms with E-state index in [4.69, 9.17) is 4.42 Å². The molecule has 1 aromatic heterocycles. The summed E-state index contributed by atoms with van der Waals surface area (Å²) in [6, 6.07) is 9.19. The van der Waals surface area contributed by atoms with E-state index in [1.54, 1.807) is 0 Å². The van der Waals surface area contributed by atoms with Gasteiger partial charge in [-0.25, -0.2) is 0 Å². The van der Waals surface area contributed by atoms with Gasteiger partial charge in [0.15, 0.2) is 11.2 Å². The maximum Gasteiger partial charge on any atom is 0.198 e. The van der Waals surface area contributed by atoms with E-state index in [-0.39, 0.29) is 16.6 Å². The molecule has 5 nitrogen and oxygen atoms in total. The number of hydrogen-bond acceptors (Lipinski definition) is 5. The van der Waals surface area contributed by atoms with E-state index in [1.165, 1.54) is 11.8 Å². The topological polar surface area (TPSA) is 71.3 Å².